The summed E-state index contributed by atoms with van der Waals surface area (Å²) in [5, 5.41) is 4.02. The van der Waals surface area contributed by atoms with E-state index in [2.05, 4.69) is 5.10 Å². The molecular formula is C11H11F2N3S. The van der Waals surface area contributed by atoms with Crippen LogP contribution in [0.4, 0.5) is 14.6 Å². The molecule has 0 atom stereocenters. The van der Waals surface area contributed by atoms with Crippen LogP contribution in [0.3, 0.4) is 0 Å². The van der Waals surface area contributed by atoms with Crippen molar-refractivity contribution in [3.05, 3.63) is 29.8 Å². The molecule has 2 N–H and O–H groups in total. The average Bonchev–Trinajstić information content (AvgIpc) is 2.63. The van der Waals surface area contributed by atoms with E-state index in [4.69, 9.17) is 5.73 Å². The summed E-state index contributed by atoms with van der Waals surface area (Å²) in [6.07, 6.45) is 1.69. The molecule has 0 aliphatic rings. The first-order valence-corrected chi connectivity index (χ1v) is 6.09. The van der Waals surface area contributed by atoms with E-state index in [9.17, 15) is 8.78 Å². The molecule has 0 radical (unpaired) electrons. The van der Waals surface area contributed by atoms with E-state index in [0.717, 1.165) is 11.8 Å². The second-order valence-corrected chi connectivity index (χ2v) is 4.37. The lowest BCUT2D eigenvalue weighted by atomic mass is 10.1. The van der Waals surface area contributed by atoms with Gasteiger partial charge < -0.3 is 5.73 Å². The number of aryl methyl sites for hydroxylation is 1. The predicted octanol–water partition coefficient (Wildman–Crippen LogP) is 2.67. The van der Waals surface area contributed by atoms with Crippen molar-refractivity contribution in [2.75, 3.05) is 12.0 Å². The van der Waals surface area contributed by atoms with E-state index < -0.39 is 11.6 Å². The van der Waals surface area contributed by atoms with Gasteiger partial charge in [0.15, 0.2) is 11.6 Å². The Labute approximate surface area is 102 Å². The van der Waals surface area contributed by atoms with E-state index in [1.807, 2.05) is 0 Å². The van der Waals surface area contributed by atoms with Gasteiger partial charge in [-0.15, -0.1) is 11.8 Å². The summed E-state index contributed by atoms with van der Waals surface area (Å²) in [4.78, 5) is 0.273. The van der Waals surface area contributed by atoms with Crippen LogP contribution in [0.25, 0.3) is 11.3 Å². The van der Waals surface area contributed by atoms with Crippen molar-refractivity contribution < 1.29 is 8.78 Å². The Balaban J connectivity index is 2.57. The Morgan fingerprint density at radius 1 is 1.29 bits per heavy atom. The molecule has 0 aliphatic heterocycles. The highest BCUT2D eigenvalue weighted by atomic mass is 32.2. The van der Waals surface area contributed by atoms with Gasteiger partial charge in [0, 0.05) is 23.6 Å². The maximum atomic E-state index is 13.8. The molecule has 17 heavy (non-hydrogen) atoms. The molecule has 0 unspecified atom stereocenters. The van der Waals surface area contributed by atoms with Crippen molar-refractivity contribution in [1.29, 1.82) is 0 Å². The highest BCUT2D eigenvalue weighted by molar-refractivity contribution is 7.98. The van der Waals surface area contributed by atoms with Crippen molar-refractivity contribution in [3.8, 4) is 11.3 Å². The number of anilines is 1. The summed E-state index contributed by atoms with van der Waals surface area (Å²) in [5.41, 5.74) is 6.05. The van der Waals surface area contributed by atoms with Gasteiger partial charge in [-0.1, -0.05) is 0 Å². The number of nitrogens with two attached hydrogens (primary N) is 1. The van der Waals surface area contributed by atoms with E-state index >= 15 is 0 Å². The van der Waals surface area contributed by atoms with Gasteiger partial charge >= 0.3 is 0 Å². The van der Waals surface area contributed by atoms with Gasteiger partial charge in [-0.25, -0.2) is 8.78 Å². The molecule has 2 rings (SSSR count). The van der Waals surface area contributed by atoms with Crippen LogP contribution in [-0.2, 0) is 7.05 Å². The molecule has 1 aromatic carbocycles. The number of nitrogens with zero attached hydrogens (tertiary/aromatic N) is 2. The molecule has 0 saturated heterocycles. The minimum Gasteiger partial charge on any atom is -0.384 e. The first-order valence-electron chi connectivity index (χ1n) is 4.86. The molecule has 0 bridgehead atoms. The Kier molecular flexibility index (Phi) is 3.06. The van der Waals surface area contributed by atoms with Gasteiger partial charge in [0.25, 0.3) is 0 Å². The fraction of sp³-hybridized carbons (Fsp3) is 0.182. The van der Waals surface area contributed by atoms with Crippen LogP contribution in [0, 0.1) is 11.6 Å². The van der Waals surface area contributed by atoms with Crippen molar-refractivity contribution in [2.24, 2.45) is 7.05 Å². The Bertz CT molecular complexity index is 547. The topological polar surface area (TPSA) is 43.8 Å². The lowest BCUT2D eigenvalue weighted by molar-refractivity contribution is 0.494. The fourth-order valence-electron chi connectivity index (χ4n) is 1.50. The highest BCUT2D eigenvalue weighted by Gasteiger charge is 2.16. The Hall–Kier alpha value is -1.56. The molecule has 90 valence electrons. The summed E-state index contributed by atoms with van der Waals surface area (Å²) in [6.45, 7) is 0. The number of hydrogen-bond donors (Lipinski definition) is 1. The number of thioether (sulfide) groups is 1. The van der Waals surface area contributed by atoms with Crippen molar-refractivity contribution in [2.45, 2.75) is 4.90 Å². The number of nitrogen functional groups attached to an aromatic ring is 1. The third-order valence-corrected chi connectivity index (χ3v) is 3.21. The predicted molar refractivity (Wildman–Crippen MR) is 64.8 cm³/mol. The zero-order chi connectivity index (χ0) is 12.6. The molecule has 0 saturated carbocycles. The van der Waals surface area contributed by atoms with Gasteiger partial charge in [0.1, 0.15) is 5.82 Å². The summed E-state index contributed by atoms with van der Waals surface area (Å²) < 4.78 is 28.8. The largest absolute Gasteiger partial charge is 0.384 e. The molecule has 0 aliphatic carbocycles. The molecule has 6 heteroatoms. The van der Waals surface area contributed by atoms with E-state index in [-0.39, 0.29) is 10.5 Å². The third-order valence-electron chi connectivity index (χ3n) is 2.46. The molecule has 0 spiro atoms. The zero-order valence-corrected chi connectivity index (χ0v) is 10.2. The number of rotatable bonds is 2. The average molecular weight is 255 g/mol. The monoisotopic (exact) mass is 255 g/mol. The number of aromatic nitrogens is 2. The van der Waals surface area contributed by atoms with Crippen LogP contribution in [0.15, 0.2) is 23.1 Å². The first kappa shape index (κ1) is 11.9. The first-order chi connectivity index (χ1) is 8.04. The SMILES string of the molecule is CSc1ccc(-c2cc(N)n(C)n2)c(F)c1F. The van der Waals surface area contributed by atoms with Crippen LogP contribution in [-0.4, -0.2) is 16.0 Å². The summed E-state index contributed by atoms with van der Waals surface area (Å²) in [6, 6.07) is 4.55. The van der Waals surface area contributed by atoms with Gasteiger partial charge in [0.05, 0.1) is 5.69 Å². The Morgan fingerprint density at radius 2 is 2.00 bits per heavy atom. The maximum Gasteiger partial charge on any atom is 0.173 e. The van der Waals surface area contributed by atoms with Crippen molar-refractivity contribution in [3.63, 3.8) is 0 Å². The quantitative estimate of drug-likeness (QED) is 0.839. The smallest absolute Gasteiger partial charge is 0.173 e. The minimum atomic E-state index is -0.894. The van der Waals surface area contributed by atoms with Crippen molar-refractivity contribution >= 4 is 17.6 Å². The molecular weight excluding hydrogens is 244 g/mol. The highest BCUT2D eigenvalue weighted by Crippen LogP contribution is 2.29. The molecule has 0 fully saturated rings. The van der Waals surface area contributed by atoms with Gasteiger partial charge in [0.2, 0.25) is 0 Å². The molecule has 0 amide bonds. The van der Waals surface area contributed by atoms with Crippen LogP contribution >= 0.6 is 11.8 Å². The van der Waals surface area contributed by atoms with Gasteiger partial charge in [-0.05, 0) is 18.4 Å². The third kappa shape index (κ3) is 2.00. The molecule has 2 aromatic rings. The standard InChI is InChI=1S/C11H11F2N3S/c1-16-9(14)5-7(15-16)6-3-4-8(17-2)11(13)10(6)12/h3-5H,14H2,1-2H3. The van der Waals surface area contributed by atoms with E-state index in [0.29, 0.717) is 11.5 Å². The summed E-state index contributed by atoms with van der Waals surface area (Å²) >= 11 is 1.16. The second kappa shape index (κ2) is 4.37. The fourth-order valence-corrected chi connectivity index (χ4v) is 1.97. The van der Waals surface area contributed by atoms with Crippen LogP contribution in [0.5, 0.6) is 0 Å². The summed E-state index contributed by atoms with van der Waals surface area (Å²) in [5.74, 6) is -1.34. The lowest BCUT2D eigenvalue weighted by Crippen LogP contribution is -1.97. The minimum absolute atomic E-state index is 0.118. The lowest BCUT2D eigenvalue weighted by Gasteiger charge is -2.04. The van der Waals surface area contributed by atoms with Gasteiger partial charge in [-0.3, -0.25) is 4.68 Å². The van der Waals surface area contributed by atoms with Gasteiger partial charge in [-0.2, -0.15) is 5.10 Å². The maximum absolute atomic E-state index is 13.8. The van der Waals surface area contributed by atoms with Crippen molar-refractivity contribution in [1.82, 2.24) is 9.78 Å². The molecule has 1 aromatic heterocycles. The number of benzene rings is 1. The second-order valence-electron chi connectivity index (χ2n) is 3.52. The van der Waals surface area contributed by atoms with Crippen LogP contribution in [0.1, 0.15) is 0 Å². The number of hydrogen-bond acceptors (Lipinski definition) is 3. The zero-order valence-electron chi connectivity index (χ0n) is 9.37. The Morgan fingerprint density at radius 3 is 2.53 bits per heavy atom. The molecule has 3 nitrogen and oxygen atoms in total. The molecule has 1 heterocycles. The van der Waals surface area contributed by atoms with Crippen LogP contribution in [0.2, 0.25) is 0 Å². The number of halogens is 2. The van der Waals surface area contributed by atoms with E-state index in [1.165, 1.54) is 22.9 Å². The van der Waals surface area contributed by atoms with Crippen LogP contribution < -0.4 is 5.73 Å². The normalized spacial score (nSPS) is 10.8. The van der Waals surface area contributed by atoms with E-state index in [1.54, 1.807) is 13.3 Å². The summed E-state index contributed by atoms with van der Waals surface area (Å²) in [7, 11) is 1.64.